The first-order valence-electron chi connectivity index (χ1n) is 8.96. The number of thiazole rings is 1. The molecule has 2 aromatic carbocycles. The zero-order valence-electron chi connectivity index (χ0n) is 14.8. The standard InChI is InChI=1S/C21H20IN3OS/c22-18-8-6-17(7-9-18)21(26)25-12-10-24(11-13-25)14-19-15-27-20(23-19)16-4-2-1-3-5-16/h1-9,15H,10-14H2. The van der Waals surface area contributed by atoms with E-state index in [1.165, 1.54) is 5.56 Å². The van der Waals surface area contributed by atoms with Crippen LogP contribution in [0.2, 0.25) is 0 Å². The number of aromatic nitrogens is 1. The van der Waals surface area contributed by atoms with Gasteiger partial charge in [0.05, 0.1) is 5.69 Å². The molecular weight excluding hydrogens is 469 g/mol. The number of benzene rings is 2. The van der Waals surface area contributed by atoms with Crippen LogP contribution in [0, 0.1) is 3.57 Å². The minimum absolute atomic E-state index is 0.131. The highest BCUT2D eigenvalue weighted by Crippen LogP contribution is 2.24. The molecule has 0 bridgehead atoms. The molecule has 0 N–H and O–H groups in total. The predicted molar refractivity (Wildman–Crippen MR) is 118 cm³/mol. The molecule has 0 atom stereocenters. The molecule has 6 heteroatoms. The highest BCUT2D eigenvalue weighted by atomic mass is 127. The van der Waals surface area contributed by atoms with Crippen molar-refractivity contribution in [1.82, 2.24) is 14.8 Å². The van der Waals surface area contributed by atoms with Crippen LogP contribution in [0.1, 0.15) is 16.1 Å². The summed E-state index contributed by atoms with van der Waals surface area (Å²) in [6.45, 7) is 4.14. The molecule has 3 aromatic rings. The molecule has 1 aliphatic rings. The van der Waals surface area contributed by atoms with Crippen molar-refractivity contribution in [2.75, 3.05) is 26.2 Å². The van der Waals surface area contributed by atoms with Crippen molar-refractivity contribution in [2.45, 2.75) is 6.54 Å². The van der Waals surface area contributed by atoms with Crippen LogP contribution in [0.5, 0.6) is 0 Å². The quantitative estimate of drug-likeness (QED) is 0.511. The lowest BCUT2D eigenvalue weighted by Crippen LogP contribution is -2.48. The van der Waals surface area contributed by atoms with Crippen molar-refractivity contribution in [1.29, 1.82) is 0 Å². The number of halogens is 1. The van der Waals surface area contributed by atoms with Gasteiger partial charge in [0.2, 0.25) is 0 Å². The molecule has 1 saturated heterocycles. The van der Waals surface area contributed by atoms with Gasteiger partial charge in [-0.25, -0.2) is 4.98 Å². The summed E-state index contributed by atoms with van der Waals surface area (Å²) >= 11 is 3.95. The summed E-state index contributed by atoms with van der Waals surface area (Å²) < 4.78 is 1.15. The molecule has 27 heavy (non-hydrogen) atoms. The maximum atomic E-state index is 12.6. The van der Waals surface area contributed by atoms with E-state index in [4.69, 9.17) is 4.98 Å². The van der Waals surface area contributed by atoms with E-state index in [9.17, 15) is 4.79 Å². The van der Waals surface area contributed by atoms with Crippen LogP contribution >= 0.6 is 33.9 Å². The lowest BCUT2D eigenvalue weighted by atomic mass is 10.2. The molecule has 1 amide bonds. The molecule has 0 unspecified atom stereocenters. The Kier molecular flexibility index (Phi) is 5.85. The van der Waals surface area contributed by atoms with E-state index in [1.807, 2.05) is 47.4 Å². The van der Waals surface area contributed by atoms with Gasteiger partial charge in [-0.15, -0.1) is 11.3 Å². The summed E-state index contributed by atoms with van der Waals surface area (Å²) in [6, 6.07) is 18.1. The Morgan fingerprint density at radius 2 is 1.70 bits per heavy atom. The number of carbonyl (C=O) groups excluding carboxylic acids is 1. The molecule has 1 aliphatic heterocycles. The lowest BCUT2D eigenvalue weighted by molar-refractivity contribution is 0.0627. The SMILES string of the molecule is O=C(c1ccc(I)cc1)N1CCN(Cc2csc(-c3ccccc3)n2)CC1. The van der Waals surface area contributed by atoms with Crippen molar-refractivity contribution >= 4 is 39.8 Å². The molecule has 138 valence electrons. The van der Waals surface area contributed by atoms with E-state index in [2.05, 4.69) is 45.0 Å². The van der Waals surface area contributed by atoms with Crippen LogP contribution in [0.25, 0.3) is 10.6 Å². The smallest absolute Gasteiger partial charge is 0.253 e. The first-order chi connectivity index (χ1) is 13.2. The molecule has 0 radical (unpaired) electrons. The molecule has 2 heterocycles. The van der Waals surface area contributed by atoms with Crippen LogP contribution in [0.3, 0.4) is 0 Å². The minimum Gasteiger partial charge on any atom is -0.336 e. The van der Waals surface area contributed by atoms with Crippen molar-refractivity contribution in [3.8, 4) is 10.6 Å². The van der Waals surface area contributed by atoms with Crippen molar-refractivity contribution in [2.24, 2.45) is 0 Å². The van der Waals surface area contributed by atoms with Gasteiger partial charge in [0.1, 0.15) is 5.01 Å². The maximum Gasteiger partial charge on any atom is 0.253 e. The van der Waals surface area contributed by atoms with Gasteiger partial charge < -0.3 is 4.90 Å². The lowest BCUT2D eigenvalue weighted by Gasteiger charge is -2.34. The molecule has 4 nitrogen and oxygen atoms in total. The van der Waals surface area contributed by atoms with Crippen molar-refractivity contribution in [3.63, 3.8) is 0 Å². The summed E-state index contributed by atoms with van der Waals surface area (Å²) in [4.78, 5) is 21.7. The Labute approximate surface area is 177 Å². The van der Waals surface area contributed by atoms with E-state index < -0.39 is 0 Å². The van der Waals surface area contributed by atoms with Crippen LogP contribution in [0.15, 0.2) is 60.0 Å². The first kappa shape index (κ1) is 18.6. The van der Waals surface area contributed by atoms with Gasteiger partial charge in [-0.3, -0.25) is 9.69 Å². The number of nitrogens with zero attached hydrogens (tertiary/aromatic N) is 3. The van der Waals surface area contributed by atoms with Gasteiger partial charge in [-0.05, 0) is 46.9 Å². The molecule has 0 aliphatic carbocycles. The van der Waals surface area contributed by atoms with Gasteiger partial charge in [0.15, 0.2) is 0 Å². The van der Waals surface area contributed by atoms with E-state index in [-0.39, 0.29) is 5.91 Å². The Bertz CT molecular complexity index is 903. The van der Waals surface area contributed by atoms with Crippen LogP contribution in [-0.4, -0.2) is 46.9 Å². The van der Waals surface area contributed by atoms with E-state index >= 15 is 0 Å². The van der Waals surface area contributed by atoms with Crippen LogP contribution < -0.4 is 0 Å². The summed E-state index contributed by atoms with van der Waals surface area (Å²) in [7, 11) is 0. The third-order valence-corrected chi connectivity index (χ3v) is 6.37. The molecule has 4 rings (SSSR count). The second-order valence-corrected chi connectivity index (χ2v) is 8.69. The number of piperazine rings is 1. The van der Waals surface area contributed by atoms with Crippen molar-refractivity contribution in [3.05, 3.63) is 74.8 Å². The molecule has 1 aromatic heterocycles. The maximum absolute atomic E-state index is 12.6. The molecule has 0 spiro atoms. The monoisotopic (exact) mass is 489 g/mol. The van der Waals surface area contributed by atoms with Crippen LogP contribution in [-0.2, 0) is 6.54 Å². The molecular formula is C21H20IN3OS. The Balaban J connectivity index is 1.33. The average molecular weight is 489 g/mol. The summed E-state index contributed by atoms with van der Waals surface area (Å²) in [5.74, 6) is 0.131. The van der Waals surface area contributed by atoms with Gasteiger partial charge in [0.25, 0.3) is 5.91 Å². The fourth-order valence-corrected chi connectivity index (χ4v) is 4.38. The average Bonchev–Trinajstić information content (AvgIpc) is 3.18. The largest absolute Gasteiger partial charge is 0.336 e. The van der Waals surface area contributed by atoms with Gasteiger partial charge in [-0.1, -0.05) is 30.3 Å². The van der Waals surface area contributed by atoms with Crippen LogP contribution in [0.4, 0.5) is 0 Å². The zero-order valence-corrected chi connectivity index (χ0v) is 17.8. The summed E-state index contributed by atoms with van der Waals surface area (Å²) in [6.07, 6.45) is 0. The summed E-state index contributed by atoms with van der Waals surface area (Å²) in [5.41, 5.74) is 3.05. The normalized spacial score (nSPS) is 15.1. The predicted octanol–water partition coefficient (Wildman–Crippen LogP) is 4.37. The molecule has 1 fully saturated rings. The number of amides is 1. The zero-order chi connectivity index (χ0) is 18.6. The highest BCUT2D eigenvalue weighted by Gasteiger charge is 2.22. The Morgan fingerprint density at radius 1 is 1.00 bits per heavy atom. The first-order valence-corrected chi connectivity index (χ1v) is 10.9. The van der Waals surface area contributed by atoms with Crippen molar-refractivity contribution < 1.29 is 4.79 Å². The van der Waals surface area contributed by atoms with E-state index in [0.717, 1.165) is 52.6 Å². The fourth-order valence-electron chi connectivity index (χ4n) is 3.21. The fraction of sp³-hybridized carbons (Fsp3) is 0.238. The highest BCUT2D eigenvalue weighted by molar-refractivity contribution is 14.1. The summed E-state index contributed by atoms with van der Waals surface area (Å²) in [5, 5.41) is 3.21. The topological polar surface area (TPSA) is 36.4 Å². The van der Waals surface area contributed by atoms with Gasteiger partial charge >= 0.3 is 0 Å². The Morgan fingerprint density at radius 3 is 2.41 bits per heavy atom. The number of hydrogen-bond acceptors (Lipinski definition) is 4. The number of hydrogen-bond donors (Lipinski definition) is 0. The number of carbonyl (C=O) groups is 1. The minimum atomic E-state index is 0.131. The molecule has 0 saturated carbocycles. The second-order valence-electron chi connectivity index (χ2n) is 6.59. The second kappa shape index (κ2) is 8.50. The number of rotatable bonds is 4. The third kappa shape index (κ3) is 4.56. The van der Waals surface area contributed by atoms with Gasteiger partial charge in [0, 0.05) is 52.8 Å². The van der Waals surface area contributed by atoms with E-state index in [1.54, 1.807) is 11.3 Å². The Hall–Kier alpha value is -1.77. The van der Waals surface area contributed by atoms with Gasteiger partial charge in [-0.2, -0.15) is 0 Å². The van der Waals surface area contributed by atoms with E-state index in [0.29, 0.717) is 0 Å². The third-order valence-electron chi connectivity index (χ3n) is 4.71.